The molecule has 0 spiro atoms. The molecule has 0 fully saturated rings. The van der Waals surface area contributed by atoms with Gasteiger partial charge in [0.2, 0.25) is 0 Å². The molecule has 114 valence electrons. The first-order valence-electron chi connectivity index (χ1n) is 6.40. The van der Waals surface area contributed by atoms with E-state index in [2.05, 4.69) is 0 Å². The van der Waals surface area contributed by atoms with Crippen molar-refractivity contribution in [3.8, 4) is 22.6 Å². The molecule has 1 amide bonds. The Kier molecular flexibility index (Phi) is 3.29. The normalized spacial score (nSPS) is 15.1. The molecule has 0 bridgehead atoms. The Morgan fingerprint density at radius 3 is 2.41 bits per heavy atom. The second-order valence-electron chi connectivity index (χ2n) is 4.71. The van der Waals surface area contributed by atoms with Crippen LogP contribution in [0.5, 0.6) is 11.5 Å². The first kappa shape index (κ1) is 14.4. The van der Waals surface area contributed by atoms with Gasteiger partial charge in [-0.1, -0.05) is 6.07 Å². The Labute approximate surface area is 127 Å². The topological polar surface area (TPSA) is 81.7 Å². The molecule has 0 atom stereocenters. The molecule has 2 aromatic rings. The van der Waals surface area contributed by atoms with Gasteiger partial charge in [0.05, 0.1) is 19.8 Å². The van der Waals surface area contributed by atoms with E-state index in [1.165, 1.54) is 19.2 Å². The van der Waals surface area contributed by atoms with E-state index in [0.717, 1.165) is 0 Å². The third-order valence-electron chi connectivity index (χ3n) is 3.46. The molecule has 1 heterocycles. The predicted molar refractivity (Wildman–Crippen MR) is 79.6 cm³/mol. The van der Waals surface area contributed by atoms with Crippen molar-refractivity contribution in [2.24, 2.45) is 0 Å². The quantitative estimate of drug-likeness (QED) is 0.933. The van der Waals surface area contributed by atoms with Gasteiger partial charge in [0, 0.05) is 5.56 Å². The first-order valence-corrected chi connectivity index (χ1v) is 7.88. The predicted octanol–water partition coefficient (Wildman–Crippen LogP) is 1.80. The lowest BCUT2D eigenvalue weighted by molar-refractivity contribution is 0.0985. The monoisotopic (exact) mass is 319 g/mol. The molecular formula is C15H13NO5S. The van der Waals surface area contributed by atoms with E-state index in [9.17, 15) is 13.2 Å². The van der Waals surface area contributed by atoms with Gasteiger partial charge in [-0.25, -0.2) is 13.1 Å². The molecule has 0 unspecified atom stereocenters. The van der Waals surface area contributed by atoms with Gasteiger partial charge in [0.15, 0.2) is 0 Å². The second-order valence-corrected chi connectivity index (χ2v) is 6.36. The molecule has 7 heteroatoms. The van der Waals surface area contributed by atoms with Gasteiger partial charge >= 0.3 is 0 Å². The maximum Gasteiger partial charge on any atom is 0.266 e. The number of nitrogens with one attached hydrogen (secondary N) is 1. The number of benzene rings is 2. The first-order chi connectivity index (χ1) is 10.5. The summed E-state index contributed by atoms with van der Waals surface area (Å²) in [6.07, 6.45) is 0. The minimum Gasteiger partial charge on any atom is -0.497 e. The van der Waals surface area contributed by atoms with E-state index < -0.39 is 15.9 Å². The highest BCUT2D eigenvalue weighted by Crippen LogP contribution is 2.35. The van der Waals surface area contributed by atoms with Crippen molar-refractivity contribution in [3.05, 3.63) is 42.0 Å². The van der Waals surface area contributed by atoms with Crippen molar-refractivity contribution < 1.29 is 22.7 Å². The van der Waals surface area contributed by atoms with Crippen LogP contribution in [-0.4, -0.2) is 28.5 Å². The zero-order valence-electron chi connectivity index (χ0n) is 11.9. The summed E-state index contributed by atoms with van der Waals surface area (Å²) in [5.74, 6) is 0.606. The molecule has 3 rings (SSSR count). The molecule has 0 saturated carbocycles. The number of carbonyl (C=O) groups excluding carboxylic acids is 1. The average Bonchev–Trinajstić information content (AvgIpc) is 2.75. The summed E-state index contributed by atoms with van der Waals surface area (Å²) in [7, 11) is -0.650. The zero-order chi connectivity index (χ0) is 15.9. The molecule has 22 heavy (non-hydrogen) atoms. The fourth-order valence-electron chi connectivity index (χ4n) is 2.38. The third kappa shape index (κ3) is 2.19. The van der Waals surface area contributed by atoms with Crippen LogP contribution < -0.4 is 14.2 Å². The van der Waals surface area contributed by atoms with Gasteiger partial charge in [-0.2, -0.15) is 0 Å². The maximum absolute atomic E-state index is 11.8. The van der Waals surface area contributed by atoms with E-state index in [0.29, 0.717) is 22.6 Å². The molecule has 0 aromatic heterocycles. The highest BCUT2D eigenvalue weighted by molar-refractivity contribution is 7.90. The van der Waals surface area contributed by atoms with E-state index >= 15 is 0 Å². The number of methoxy groups -OCH3 is 2. The van der Waals surface area contributed by atoms with E-state index in [-0.39, 0.29) is 10.5 Å². The third-order valence-corrected chi connectivity index (χ3v) is 4.85. The fourth-order valence-corrected chi connectivity index (χ4v) is 3.53. The highest BCUT2D eigenvalue weighted by Gasteiger charge is 2.32. The molecular weight excluding hydrogens is 306 g/mol. The van der Waals surface area contributed by atoms with Crippen LogP contribution in [0.25, 0.3) is 11.1 Å². The largest absolute Gasteiger partial charge is 0.497 e. The molecule has 1 N–H and O–H groups in total. The van der Waals surface area contributed by atoms with Crippen LogP contribution in [0.4, 0.5) is 0 Å². The van der Waals surface area contributed by atoms with Crippen LogP contribution in [0.15, 0.2) is 41.3 Å². The van der Waals surface area contributed by atoms with Crippen molar-refractivity contribution in [1.82, 2.24) is 4.72 Å². The Hall–Kier alpha value is -2.54. The van der Waals surface area contributed by atoms with Crippen LogP contribution in [-0.2, 0) is 10.0 Å². The zero-order valence-corrected chi connectivity index (χ0v) is 12.7. The standard InChI is InChI=1S/C15H13NO5S/c1-20-10-4-5-13(21-2)11(8-10)9-3-6-14-12(7-9)15(17)16-22(14,18)19/h3-8H,1-2H3,(H,16,17). The number of hydrogen-bond acceptors (Lipinski definition) is 5. The van der Waals surface area contributed by atoms with Crippen molar-refractivity contribution in [1.29, 1.82) is 0 Å². The number of rotatable bonds is 3. The van der Waals surface area contributed by atoms with Crippen LogP contribution >= 0.6 is 0 Å². The van der Waals surface area contributed by atoms with Gasteiger partial charge in [0.1, 0.15) is 16.4 Å². The molecule has 0 radical (unpaired) electrons. The lowest BCUT2D eigenvalue weighted by Crippen LogP contribution is -2.20. The van der Waals surface area contributed by atoms with E-state index in [1.807, 2.05) is 4.72 Å². The molecule has 1 aliphatic heterocycles. The molecule has 6 nitrogen and oxygen atoms in total. The van der Waals surface area contributed by atoms with Crippen molar-refractivity contribution in [2.75, 3.05) is 14.2 Å². The summed E-state index contributed by atoms with van der Waals surface area (Å²) in [5, 5.41) is 0. The molecule has 1 aliphatic rings. The Bertz CT molecular complexity index is 873. The van der Waals surface area contributed by atoms with Crippen molar-refractivity contribution in [2.45, 2.75) is 4.90 Å². The van der Waals surface area contributed by atoms with Crippen LogP contribution in [0.2, 0.25) is 0 Å². The van der Waals surface area contributed by atoms with E-state index in [1.54, 1.807) is 31.4 Å². The van der Waals surface area contributed by atoms with Crippen molar-refractivity contribution in [3.63, 3.8) is 0 Å². The summed E-state index contributed by atoms with van der Waals surface area (Å²) >= 11 is 0. The summed E-state index contributed by atoms with van der Waals surface area (Å²) in [6.45, 7) is 0. The smallest absolute Gasteiger partial charge is 0.266 e. The van der Waals surface area contributed by atoms with Gasteiger partial charge in [-0.15, -0.1) is 0 Å². The van der Waals surface area contributed by atoms with Gasteiger partial charge in [-0.3, -0.25) is 4.79 Å². The van der Waals surface area contributed by atoms with Crippen LogP contribution in [0.3, 0.4) is 0 Å². The number of hydrogen-bond donors (Lipinski definition) is 1. The number of sulfonamides is 1. The number of carbonyl (C=O) groups is 1. The Balaban J connectivity index is 2.19. The summed E-state index contributed by atoms with van der Waals surface area (Å²) < 4.78 is 36.0. The summed E-state index contributed by atoms with van der Waals surface area (Å²) in [4.78, 5) is 11.8. The Morgan fingerprint density at radius 1 is 0.955 bits per heavy atom. The summed E-state index contributed by atoms with van der Waals surface area (Å²) in [6, 6.07) is 9.85. The molecule has 0 aliphatic carbocycles. The highest BCUT2D eigenvalue weighted by atomic mass is 32.2. The van der Waals surface area contributed by atoms with Gasteiger partial charge in [-0.05, 0) is 35.9 Å². The lowest BCUT2D eigenvalue weighted by Gasteiger charge is -2.11. The van der Waals surface area contributed by atoms with Crippen LogP contribution in [0.1, 0.15) is 10.4 Å². The number of ether oxygens (including phenoxy) is 2. The minimum atomic E-state index is -3.74. The maximum atomic E-state index is 11.8. The fraction of sp³-hybridized carbons (Fsp3) is 0.133. The molecule has 2 aromatic carbocycles. The summed E-state index contributed by atoms with van der Waals surface area (Å²) in [5.41, 5.74) is 1.51. The SMILES string of the molecule is COc1ccc(OC)c(-c2ccc3c(c2)C(=O)NS3(=O)=O)c1. The minimum absolute atomic E-state index is 0.0110. The Morgan fingerprint density at radius 2 is 1.73 bits per heavy atom. The average molecular weight is 319 g/mol. The lowest BCUT2D eigenvalue weighted by atomic mass is 10.0. The number of amides is 1. The van der Waals surface area contributed by atoms with Gasteiger partial charge < -0.3 is 9.47 Å². The van der Waals surface area contributed by atoms with Crippen LogP contribution in [0, 0.1) is 0 Å². The van der Waals surface area contributed by atoms with Gasteiger partial charge in [0.25, 0.3) is 15.9 Å². The second kappa shape index (κ2) is 5.03. The van der Waals surface area contributed by atoms with Crippen molar-refractivity contribution >= 4 is 15.9 Å². The van der Waals surface area contributed by atoms with E-state index in [4.69, 9.17) is 9.47 Å². The number of fused-ring (bicyclic) bond motifs is 1. The molecule has 0 saturated heterocycles.